The molecule has 0 bridgehead atoms. The molecule has 0 saturated heterocycles. The van der Waals surface area contributed by atoms with Crippen LogP contribution < -0.4 is 0 Å². The molecule has 0 saturated carbocycles. The summed E-state index contributed by atoms with van der Waals surface area (Å²) in [5.74, 6) is -0.966. The molecule has 2 aromatic carbocycles. The highest BCUT2D eigenvalue weighted by molar-refractivity contribution is 5.69. The number of benzene rings is 2. The van der Waals surface area contributed by atoms with Crippen LogP contribution in [-0.2, 0) is 11.2 Å². The zero-order chi connectivity index (χ0) is 17.8. The van der Waals surface area contributed by atoms with Crippen LogP contribution in [0.2, 0.25) is 0 Å². The van der Waals surface area contributed by atoms with Gasteiger partial charge in [-0.3, -0.25) is 4.79 Å². The number of nitrogens with zero attached hydrogens (tertiary/aromatic N) is 1. The third-order valence-corrected chi connectivity index (χ3v) is 4.12. The summed E-state index contributed by atoms with van der Waals surface area (Å²) >= 11 is 0. The van der Waals surface area contributed by atoms with E-state index in [0.717, 1.165) is 16.7 Å². The van der Waals surface area contributed by atoms with E-state index in [1.165, 1.54) is 12.1 Å². The van der Waals surface area contributed by atoms with E-state index < -0.39 is 11.9 Å². The average molecular weight is 339 g/mol. The number of carboxylic acid groups (broad SMARTS) is 1. The van der Waals surface area contributed by atoms with Gasteiger partial charge in [0.2, 0.25) is 0 Å². The predicted octanol–water partition coefficient (Wildman–Crippen LogP) is 4.80. The number of aryl methyl sites for hydroxylation is 1. The van der Waals surface area contributed by atoms with Crippen LogP contribution in [0, 0.1) is 11.7 Å². The molecule has 3 aromatic rings. The lowest BCUT2D eigenvalue weighted by Gasteiger charge is -2.03. The Labute approximate surface area is 145 Å². The number of rotatable bonds is 6. The van der Waals surface area contributed by atoms with Gasteiger partial charge in [0, 0.05) is 12.0 Å². The molecule has 5 heteroatoms. The van der Waals surface area contributed by atoms with Gasteiger partial charge in [-0.05, 0) is 29.7 Å². The lowest BCUT2D eigenvalue weighted by atomic mass is 10.0. The highest BCUT2D eigenvalue weighted by atomic mass is 19.1. The van der Waals surface area contributed by atoms with E-state index in [9.17, 15) is 9.18 Å². The molecular weight excluding hydrogens is 321 g/mol. The normalized spacial score (nSPS) is 12.1. The number of aromatic nitrogens is 1. The van der Waals surface area contributed by atoms with E-state index in [-0.39, 0.29) is 5.82 Å². The molecule has 0 aliphatic carbocycles. The highest BCUT2D eigenvalue weighted by Crippen LogP contribution is 2.25. The van der Waals surface area contributed by atoms with Gasteiger partial charge in [-0.1, -0.05) is 43.3 Å². The van der Waals surface area contributed by atoms with Crippen molar-refractivity contribution in [1.29, 1.82) is 0 Å². The van der Waals surface area contributed by atoms with E-state index in [2.05, 4.69) is 4.98 Å². The van der Waals surface area contributed by atoms with Crippen LogP contribution in [0.3, 0.4) is 0 Å². The van der Waals surface area contributed by atoms with Crippen LogP contribution >= 0.6 is 0 Å². The number of aliphatic carboxylic acids is 1. The molecule has 128 valence electrons. The van der Waals surface area contributed by atoms with Gasteiger partial charge in [0.05, 0.1) is 5.92 Å². The standard InChI is InChI=1S/C20H18FNO3/c1-13(20(23)24)2-11-19-22-18(12-25-19)16-5-3-14(4-6-16)15-7-9-17(21)10-8-15/h3-10,12-13H,2,11H2,1H3,(H,23,24). The fourth-order valence-corrected chi connectivity index (χ4v) is 2.50. The molecule has 1 aromatic heterocycles. The van der Waals surface area contributed by atoms with E-state index in [4.69, 9.17) is 9.52 Å². The van der Waals surface area contributed by atoms with Gasteiger partial charge >= 0.3 is 5.97 Å². The van der Waals surface area contributed by atoms with Gasteiger partial charge in [-0.25, -0.2) is 9.37 Å². The quantitative estimate of drug-likeness (QED) is 0.700. The third kappa shape index (κ3) is 4.12. The second-order valence-electron chi connectivity index (χ2n) is 5.99. The summed E-state index contributed by atoms with van der Waals surface area (Å²) in [5, 5.41) is 8.91. The van der Waals surface area contributed by atoms with Crippen molar-refractivity contribution >= 4 is 5.97 Å². The van der Waals surface area contributed by atoms with E-state index in [0.29, 0.717) is 24.4 Å². The van der Waals surface area contributed by atoms with Gasteiger partial charge in [0.15, 0.2) is 5.89 Å². The molecule has 0 spiro atoms. The van der Waals surface area contributed by atoms with Crippen LogP contribution in [0.1, 0.15) is 19.2 Å². The molecule has 3 rings (SSSR count). The topological polar surface area (TPSA) is 63.3 Å². The minimum atomic E-state index is -0.817. The minimum absolute atomic E-state index is 0.257. The summed E-state index contributed by atoms with van der Waals surface area (Å²) in [4.78, 5) is 15.3. The summed E-state index contributed by atoms with van der Waals surface area (Å²) in [5.41, 5.74) is 3.55. The fourth-order valence-electron chi connectivity index (χ4n) is 2.50. The first kappa shape index (κ1) is 16.9. The Kier molecular flexibility index (Phi) is 4.93. The lowest BCUT2D eigenvalue weighted by molar-refractivity contribution is -0.141. The molecule has 0 aliphatic heterocycles. The summed E-state index contributed by atoms with van der Waals surface area (Å²) in [6.07, 6.45) is 2.55. The number of carbonyl (C=O) groups is 1. The second-order valence-corrected chi connectivity index (χ2v) is 5.99. The average Bonchev–Trinajstić information content (AvgIpc) is 3.09. The van der Waals surface area contributed by atoms with Crippen LogP contribution in [-0.4, -0.2) is 16.1 Å². The molecule has 0 fully saturated rings. The molecule has 25 heavy (non-hydrogen) atoms. The fraction of sp³-hybridized carbons (Fsp3) is 0.200. The van der Waals surface area contributed by atoms with Gasteiger partial charge in [0.1, 0.15) is 17.8 Å². The van der Waals surface area contributed by atoms with Crippen LogP contribution in [0.25, 0.3) is 22.4 Å². The molecule has 1 heterocycles. The van der Waals surface area contributed by atoms with Crippen LogP contribution in [0.4, 0.5) is 4.39 Å². The van der Waals surface area contributed by atoms with Gasteiger partial charge < -0.3 is 9.52 Å². The van der Waals surface area contributed by atoms with Crippen molar-refractivity contribution in [3.63, 3.8) is 0 Å². The lowest BCUT2D eigenvalue weighted by Crippen LogP contribution is -2.10. The number of oxazole rings is 1. The maximum absolute atomic E-state index is 13.0. The number of hydrogen-bond acceptors (Lipinski definition) is 3. The Morgan fingerprint density at radius 2 is 1.64 bits per heavy atom. The zero-order valence-electron chi connectivity index (χ0n) is 13.8. The van der Waals surface area contributed by atoms with E-state index in [1.54, 1.807) is 25.3 Å². The summed E-state index contributed by atoms with van der Waals surface area (Å²) in [6.45, 7) is 1.67. The molecule has 0 amide bonds. The van der Waals surface area contributed by atoms with Crippen LogP contribution in [0.5, 0.6) is 0 Å². The number of carboxylic acids is 1. The molecule has 1 unspecified atom stereocenters. The first-order valence-electron chi connectivity index (χ1n) is 8.06. The van der Waals surface area contributed by atoms with Crippen molar-refractivity contribution in [2.45, 2.75) is 19.8 Å². The molecule has 1 atom stereocenters. The third-order valence-electron chi connectivity index (χ3n) is 4.12. The van der Waals surface area contributed by atoms with Gasteiger partial charge in [0.25, 0.3) is 0 Å². The molecular formula is C20H18FNO3. The van der Waals surface area contributed by atoms with E-state index in [1.807, 2.05) is 24.3 Å². The Bertz CT molecular complexity index is 853. The van der Waals surface area contributed by atoms with Crippen molar-refractivity contribution in [2.75, 3.05) is 0 Å². The van der Waals surface area contributed by atoms with Crippen molar-refractivity contribution in [3.05, 3.63) is 66.5 Å². The first-order chi connectivity index (χ1) is 12.0. The van der Waals surface area contributed by atoms with Gasteiger partial charge in [-0.15, -0.1) is 0 Å². The van der Waals surface area contributed by atoms with Crippen molar-refractivity contribution in [1.82, 2.24) is 4.98 Å². The Morgan fingerprint density at radius 3 is 2.24 bits per heavy atom. The predicted molar refractivity (Wildman–Crippen MR) is 92.5 cm³/mol. The SMILES string of the molecule is CC(CCc1nc(-c2ccc(-c3ccc(F)cc3)cc2)co1)C(=O)O. The Balaban J connectivity index is 1.70. The number of halogens is 1. The van der Waals surface area contributed by atoms with E-state index >= 15 is 0 Å². The highest BCUT2D eigenvalue weighted by Gasteiger charge is 2.13. The zero-order valence-corrected chi connectivity index (χ0v) is 13.8. The van der Waals surface area contributed by atoms with Crippen molar-refractivity contribution < 1.29 is 18.7 Å². The first-order valence-corrected chi connectivity index (χ1v) is 8.06. The molecule has 0 aliphatic rings. The van der Waals surface area contributed by atoms with Crippen molar-refractivity contribution in [2.24, 2.45) is 5.92 Å². The smallest absolute Gasteiger partial charge is 0.306 e. The maximum atomic E-state index is 13.0. The second kappa shape index (κ2) is 7.30. The van der Waals surface area contributed by atoms with Crippen molar-refractivity contribution in [3.8, 4) is 22.4 Å². The molecule has 1 N–H and O–H groups in total. The Hall–Kier alpha value is -2.95. The molecule has 0 radical (unpaired) electrons. The Morgan fingerprint density at radius 1 is 1.08 bits per heavy atom. The minimum Gasteiger partial charge on any atom is -0.481 e. The molecule has 4 nitrogen and oxygen atoms in total. The van der Waals surface area contributed by atoms with Gasteiger partial charge in [-0.2, -0.15) is 0 Å². The van der Waals surface area contributed by atoms with Crippen LogP contribution in [0.15, 0.2) is 59.2 Å². The largest absolute Gasteiger partial charge is 0.481 e. The summed E-state index contributed by atoms with van der Waals surface area (Å²) in [6, 6.07) is 14.1. The maximum Gasteiger partial charge on any atom is 0.306 e. The summed E-state index contributed by atoms with van der Waals surface area (Å²) < 4.78 is 18.4. The summed E-state index contributed by atoms with van der Waals surface area (Å²) in [7, 11) is 0. The monoisotopic (exact) mass is 339 g/mol. The number of hydrogen-bond donors (Lipinski definition) is 1.